The third kappa shape index (κ3) is 3.49. The van der Waals surface area contributed by atoms with Crippen LogP contribution in [0.1, 0.15) is 23.2 Å². The molecule has 2 aromatic carbocycles. The number of anilines is 2. The molecule has 2 amide bonds. The van der Waals surface area contributed by atoms with Gasteiger partial charge in [0.05, 0.1) is 0 Å². The van der Waals surface area contributed by atoms with Crippen molar-refractivity contribution in [3.8, 4) is 0 Å². The van der Waals surface area contributed by atoms with E-state index in [0.29, 0.717) is 16.9 Å². The number of amides is 2. The van der Waals surface area contributed by atoms with E-state index in [0.717, 1.165) is 12.8 Å². The molecule has 0 atom stereocenters. The van der Waals surface area contributed by atoms with Crippen LogP contribution >= 0.6 is 0 Å². The Morgan fingerprint density at radius 1 is 0.955 bits per heavy atom. The molecule has 0 bridgehead atoms. The van der Waals surface area contributed by atoms with Crippen LogP contribution < -0.4 is 10.6 Å². The van der Waals surface area contributed by atoms with E-state index in [2.05, 4.69) is 10.6 Å². The summed E-state index contributed by atoms with van der Waals surface area (Å²) in [4.78, 5) is 23.9. The van der Waals surface area contributed by atoms with Crippen LogP contribution in [0.4, 0.5) is 15.8 Å². The van der Waals surface area contributed by atoms with Gasteiger partial charge < -0.3 is 10.6 Å². The van der Waals surface area contributed by atoms with Gasteiger partial charge in [0.1, 0.15) is 5.82 Å². The first kappa shape index (κ1) is 14.3. The lowest BCUT2D eigenvalue weighted by Gasteiger charge is -2.08. The van der Waals surface area contributed by atoms with Gasteiger partial charge in [0.25, 0.3) is 5.91 Å². The Bertz CT molecular complexity index is 709. The molecule has 1 fully saturated rings. The van der Waals surface area contributed by atoms with E-state index in [1.165, 1.54) is 24.3 Å². The zero-order chi connectivity index (χ0) is 15.5. The van der Waals surface area contributed by atoms with Crippen LogP contribution in [-0.2, 0) is 4.79 Å². The number of carbonyl (C=O) groups is 2. The number of carbonyl (C=O) groups excluding carboxylic acids is 2. The van der Waals surface area contributed by atoms with Crippen LogP contribution in [0.3, 0.4) is 0 Å². The van der Waals surface area contributed by atoms with E-state index in [-0.39, 0.29) is 23.5 Å². The van der Waals surface area contributed by atoms with Gasteiger partial charge in [-0.3, -0.25) is 9.59 Å². The van der Waals surface area contributed by atoms with Crippen LogP contribution in [0.25, 0.3) is 0 Å². The van der Waals surface area contributed by atoms with E-state index in [1.54, 1.807) is 24.3 Å². The molecule has 1 saturated carbocycles. The highest BCUT2D eigenvalue weighted by Crippen LogP contribution is 2.30. The summed E-state index contributed by atoms with van der Waals surface area (Å²) in [5.41, 5.74) is 1.54. The highest BCUT2D eigenvalue weighted by molar-refractivity contribution is 6.05. The zero-order valence-corrected chi connectivity index (χ0v) is 11.8. The Balaban J connectivity index is 1.69. The molecule has 0 aromatic heterocycles. The molecule has 1 aliphatic rings. The number of benzene rings is 2. The van der Waals surface area contributed by atoms with Gasteiger partial charge in [-0.2, -0.15) is 0 Å². The molecule has 112 valence electrons. The maximum absolute atomic E-state index is 12.8. The van der Waals surface area contributed by atoms with Gasteiger partial charge in [0, 0.05) is 22.9 Å². The highest BCUT2D eigenvalue weighted by Gasteiger charge is 2.29. The molecule has 0 saturated heterocycles. The topological polar surface area (TPSA) is 58.2 Å². The fourth-order valence-electron chi connectivity index (χ4n) is 2.06. The van der Waals surface area contributed by atoms with Gasteiger partial charge in [0.15, 0.2) is 0 Å². The van der Waals surface area contributed by atoms with E-state index >= 15 is 0 Å². The standard InChI is InChI=1S/C17H15FN2O2/c18-13-6-8-14(9-7-13)19-17(22)12-2-1-3-15(10-12)20-16(21)11-4-5-11/h1-3,6-11H,4-5H2,(H,19,22)(H,20,21). The molecule has 5 heteroatoms. The molecule has 0 radical (unpaired) electrons. The predicted molar refractivity (Wildman–Crippen MR) is 82.1 cm³/mol. The van der Waals surface area contributed by atoms with Crippen molar-refractivity contribution in [1.82, 2.24) is 0 Å². The van der Waals surface area contributed by atoms with Crippen molar-refractivity contribution in [2.45, 2.75) is 12.8 Å². The minimum Gasteiger partial charge on any atom is -0.326 e. The van der Waals surface area contributed by atoms with Crippen LogP contribution in [0.5, 0.6) is 0 Å². The van der Waals surface area contributed by atoms with Crippen LogP contribution in [0.15, 0.2) is 48.5 Å². The molecule has 2 N–H and O–H groups in total. The number of rotatable bonds is 4. The summed E-state index contributed by atoms with van der Waals surface area (Å²) in [7, 11) is 0. The van der Waals surface area contributed by atoms with Gasteiger partial charge >= 0.3 is 0 Å². The molecule has 2 aromatic rings. The van der Waals surface area contributed by atoms with Crippen molar-refractivity contribution in [2.24, 2.45) is 5.92 Å². The molecule has 0 heterocycles. The molecule has 1 aliphatic carbocycles. The Kier molecular flexibility index (Phi) is 3.87. The van der Waals surface area contributed by atoms with Crippen molar-refractivity contribution in [1.29, 1.82) is 0 Å². The van der Waals surface area contributed by atoms with Crippen molar-refractivity contribution < 1.29 is 14.0 Å². The fraction of sp³-hybridized carbons (Fsp3) is 0.176. The van der Waals surface area contributed by atoms with Gasteiger partial charge in [-0.25, -0.2) is 4.39 Å². The smallest absolute Gasteiger partial charge is 0.255 e. The SMILES string of the molecule is O=C(Nc1ccc(F)cc1)c1cccc(NC(=O)C2CC2)c1. The van der Waals surface area contributed by atoms with Gasteiger partial charge in [-0.15, -0.1) is 0 Å². The molecule has 3 rings (SSSR count). The summed E-state index contributed by atoms with van der Waals surface area (Å²) in [6, 6.07) is 12.3. The molecule has 0 unspecified atom stereocenters. The van der Waals surface area contributed by atoms with E-state index in [1.807, 2.05) is 0 Å². The zero-order valence-electron chi connectivity index (χ0n) is 11.8. The number of hydrogen-bond acceptors (Lipinski definition) is 2. The Labute approximate surface area is 127 Å². The van der Waals surface area contributed by atoms with Crippen molar-refractivity contribution in [2.75, 3.05) is 10.6 Å². The first-order chi connectivity index (χ1) is 10.6. The van der Waals surface area contributed by atoms with Crippen LogP contribution in [0, 0.1) is 11.7 Å². The Hall–Kier alpha value is -2.69. The van der Waals surface area contributed by atoms with E-state index < -0.39 is 0 Å². The second kappa shape index (κ2) is 5.97. The third-order valence-corrected chi connectivity index (χ3v) is 3.44. The highest BCUT2D eigenvalue weighted by atomic mass is 19.1. The summed E-state index contributed by atoms with van der Waals surface area (Å²) >= 11 is 0. The predicted octanol–water partition coefficient (Wildman–Crippen LogP) is 3.43. The van der Waals surface area contributed by atoms with Crippen molar-refractivity contribution in [3.05, 3.63) is 59.9 Å². The summed E-state index contributed by atoms with van der Waals surface area (Å²) in [5.74, 6) is -0.565. The van der Waals surface area contributed by atoms with Crippen molar-refractivity contribution in [3.63, 3.8) is 0 Å². The first-order valence-corrected chi connectivity index (χ1v) is 7.10. The molecular weight excluding hydrogens is 283 g/mol. The number of nitrogens with one attached hydrogen (secondary N) is 2. The van der Waals surface area contributed by atoms with E-state index in [9.17, 15) is 14.0 Å². The maximum atomic E-state index is 12.8. The molecule has 22 heavy (non-hydrogen) atoms. The lowest BCUT2D eigenvalue weighted by molar-refractivity contribution is -0.117. The average molecular weight is 298 g/mol. The lowest BCUT2D eigenvalue weighted by atomic mass is 10.1. The molecular formula is C17H15FN2O2. The summed E-state index contributed by atoms with van der Waals surface area (Å²) in [6.45, 7) is 0. The molecule has 4 nitrogen and oxygen atoms in total. The Morgan fingerprint density at radius 3 is 2.36 bits per heavy atom. The summed E-state index contributed by atoms with van der Waals surface area (Å²) in [5, 5.41) is 5.48. The molecule has 0 spiro atoms. The largest absolute Gasteiger partial charge is 0.326 e. The van der Waals surface area contributed by atoms with Gasteiger partial charge in [-0.1, -0.05) is 6.07 Å². The third-order valence-electron chi connectivity index (χ3n) is 3.44. The number of halogens is 1. The second-order valence-electron chi connectivity index (χ2n) is 5.31. The fourth-order valence-corrected chi connectivity index (χ4v) is 2.06. The minimum absolute atomic E-state index is 0.00362. The summed E-state index contributed by atoms with van der Waals surface area (Å²) in [6.07, 6.45) is 1.85. The summed E-state index contributed by atoms with van der Waals surface area (Å²) < 4.78 is 12.8. The Morgan fingerprint density at radius 2 is 1.68 bits per heavy atom. The number of hydrogen-bond donors (Lipinski definition) is 2. The average Bonchev–Trinajstić information content (AvgIpc) is 3.34. The van der Waals surface area contributed by atoms with Gasteiger partial charge in [0.2, 0.25) is 5.91 Å². The minimum atomic E-state index is -0.359. The normalized spacial score (nSPS) is 13.5. The van der Waals surface area contributed by atoms with Crippen LogP contribution in [0.2, 0.25) is 0 Å². The van der Waals surface area contributed by atoms with Gasteiger partial charge in [-0.05, 0) is 55.3 Å². The second-order valence-corrected chi connectivity index (χ2v) is 5.31. The quantitative estimate of drug-likeness (QED) is 0.908. The monoisotopic (exact) mass is 298 g/mol. The lowest BCUT2D eigenvalue weighted by Crippen LogP contribution is -2.15. The van der Waals surface area contributed by atoms with Crippen molar-refractivity contribution >= 4 is 23.2 Å². The van der Waals surface area contributed by atoms with E-state index in [4.69, 9.17) is 0 Å². The first-order valence-electron chi connectivity index (χ1n) is 7.10. The van der Waals surface area contributed by atoms with Crippen LogP contribution in [-0.4, -0.2) is 11.8 Å². The molecule has 0 aliphatic heterocycles. The maximum Gasteiger partial charge on any atom is 0.255 e.